The molecule has 3 aromatic rings. The fourth-order valence-electron chi connectivity index (χ4n) is 3.89. The van der Waals surface area contributed by atoms with Gasteiger partial charge < -0.3 is 14.6 Å². The zero-order valence-corrected chi connectivity index (χ0v) is 19.7. The van der Waals surface area contributed by atoms with Crippen molar-refractivity contribution < 1.29 is 14.1 Å². The van der Waals surface area contributed by atoms with Gasteiger partial charge in [-0.05, 0) is 68.3 Å². The molecule has 8 heteroatoms. The Balaban J connectivity index is 1.30. The van der Waals surface area contributed by atoms with Gasteiger partial charge in [-0.25, -0.2) is 0 Å². The Labute approximate surface area is 196 Å². The van der Waals surface area contributed by atoms with Crippen molar-refractivity contribution in [3.63, 3.8) is 0 Å². The van der Waals surface area contributed by atoms with Gasteiger partial charge in [0.25, 0.3) is 0 Å². The average molecular weight is 499 g/mol. The van der Waals surface area contributed by atoms with E-state index in [0.29, 0.717) is 38.0 Å². The summed E-state index contributed by atoms with van der Waals surface area (Å²) in [7, 11) is 0. The first kappa shape index (κ1) is 22.5. The molecule has 0 saturated carbocycles. The van der Waals surface area contributed by atoms with Gasteiger partial charge in [0, 0.05) is 23.1 Å². The molecule has 1 saturated heterocycles. The number of halogens is 1. The molecule has 0 aliphatic carbocycles. The SMILES string of the molecule is CCOc1cccc(CNC(=O)C2CCCN(Cc3nc(-c4ccc(Br)cc4)no3)C2)c1. The Morgan fingerprint density at radius 1 is 1.28 bits per heavy atom. The highest BCUT2D eigenvalue weighted by atomic mass is 79.9. The number of amides is 1. The van der Waals surface area contributed by atoms with Crippen molar-refractivity contribution in [2.24, 2.45) is 5.92 Å². The zero-order valence-electron chi connectivity index (χ0n) is 18.1. The number of ether oxygens (including phenoxy) is 1. The monoisotopic (exact) mass is 498 g/mol. The van der Waals surface area contributed by atoms with Gasteiger partial charge in [0.05, 0.1) is 19.1 Å². The molecule has 1 aliphatic heterocycles. The molecule has 1 aromatic heterocycles. The molecular weight excluding hydrogens is 472 g/mol. The number of carbonyl (C=O) groups is 1. The van der Waals surface area contributed by atoms with E-state index in [-0.39, 0.29) is 11.8 Å². The minimum atomic E-state index is -0.0484. The summed E-state index contributed by atoms with van der Waals surface area (Å²) >= 11 is 3.43. The van der Waals surface area contributed by atoms with Gasteiger partial charge >= 0.3 is 0 Å². The molecule has 0 radical (unpaired) electrons. The van der Waals surface area contributed by atoms with Crippen LogP contribution >= 0.6 is 15.9 Å². The molecule has 1 N–H and O–H groups in total. The highest BCUT2D eigenvalue weighted by molar-refractivity contribution is 9.10. The first-order valence-electron chi connectivity index (χ1n) is 10.9. The molecule has 1 aliphatic rings. The Hall–Kier alpha value is -2.71. The van der Waals surface area contributed by atoms with Gasteiger partial charge in [0.2, 0.25) is 17.6 Å². The van der Waals surface area contributed by atoms with Gasteiger partial charge in [-0.15, -0.1) is 0 Å². The van der Waals surface area contributed by atoms with Crippen LogP contribution in [-0.4, -0.2) is 40.6 Å². The lowest BCUT2D eigenvalue weighted by atomic mass is 9.97. The van der Waals surface area contributed by atoms with Crippen LogP contribution in [0.3, 0.4) is 0 Å². The van der Waals surface area contributed by atoms with Crippen LogP contribution in [0.5, 0.6) is 5.75 Å². The number of nitrogens with one attached hydrogen (secondary N) is 1. The Morgan fingerprint density at radius 2 is 2.12 bits per heavy atom. The second-order valence-corrected chi connectivity index (χ2v) is 8.81. The minimum Gasteiger partial charge on any atom is -0.494 e. The van der Waals surface area contributed by atoms with Crippen molar-refractivity contribution >= 4 is 21.8 Å². The van der Waals surface area contributed by atoms with Gasteiger partial charge in [0.15, 0.2) is 0 Å². The van der Waals surface area contributed by atoms with Crippen LogP contribution in [0, 0.1) is 5.92 Å². The van der Waals surface area contributed by atoms with E-state index >= 15 is 0 Å². The number of hydrogen-bond acceptors (Lipinski definition) is 6. The van der Waals surface area contributed by atoms with Crippen molar-refractivity contribution in [2.75, 3.05) is 19.7 Å². The predicted octanol–water partition coefficient (Wildman–Crippen LogP) is 4.43. The van der Waals surface area contributed by atoms with E-state index in [9.17, 15) is 4.79 Å². The smallest absolute Gasteiger partial charge is 0.241 e. The second-order valence-electron chi connectivity index (χ2n) is 7.89. The van der Waals surface area contributed by atoms with E-state index in [1.807, 2.05) is 55.5 Å². The summed E-state index contributed by atoms with van der Waals surface area (Å²) < 4.78 is 12.0. The fourth-order valence-corrected chi connectivity index (χ4v) is 4.15. The Bertz CT molecular complexity index is 1040. The number of rotatable bonds is 8. The van der Waals surface area contributed by atoms with Crippen LogP contribution in [0.4, 0.5) is 0 Å². The van der Waals surface area contributed by atoms with Crippen LogP contribution < -0.4 is 10.1 Å². The molecule has 4 rings (SSSR count). The molecular formula is C24H27BrN4O3. The largest absolute Gasteiger partial charge is 0.494 e. The quantitative estimate of drug-likeness (QED) is 0.494. The summed E-state index contributed by atoms with van der Waals surface area (Å²) in [4.78, 5) is 19.5. The van der Waals surface area contributed by atoms with Crippen LogP contribution in [0.2, 0.25) is 0 Å². The van der Waals surface area contributed by atoms with E-state index in [0.717, 1.165) is 40.7 Å². The number of hydrogen-bond donors (Lipinski definition) is 1. The third-order valence-electron chi connectivity index (χ3n) is 5.48. The summed E-state index contributed by atoms with van der Waals surface area (Å²) in [5.74, 6) is 2.00. The maximum absolute atomic E-state index is 12.8. The van der Waals surface area contributed by atoms with E-state index in [1.54, 1.807) is 0 Å². The lowest BCUT2D eigenvalue weighted by Gasteiger charge is -2.30. The summed E-state index contributed by atoms with van der Waals surface area (Å²) in [6.45, 7) is 5.22. The van der Waals surface area contributed by atoms with Crippen molar-refractivity contribution in [3.8, 4) is 17.1 Å². The lowest BCUT2D eigenvalue weighted by molar-refractivity contribution is -0.127. The number of aromatic nitrogens is 2. The first-order valence-corrected chi connectivity index (χ1v) is 11.7. The maximum Gasteiger partial charge on any atom is 0.241 e. The predicted molar refractivity (Wildman–Crippen MR) is 125 cm³/mol. The van der Waals surface area contributed by atoms with E-state index in [2.05, 4.69) is 36.3 Å². The molecule has 0 bridgehead atoms. The number of piperidine rings is 1. The molecule has 1 amide bonds. The second kappa shape index (κ2) is 10.7. The maximum atomic E-state index is 12.8. The highest BCUT2D eigenvalue weighted by Gasteiger charge is 2.26. The summed E-state index contributed by atoms with van der Waals surface area (Å²) in [5, 5.41) is 7.18. The average Bonchev–Trinajstić information content (AvgIpc) is 3.27. The molecule has 1 atom stereocenters. The topological polar surface area (TPSA) is 80.5 Å². The Kier molecular flexibility index (Phi) is 7.55. The molecule has 168 valence electrons. The van der Waals surface area contributed by atoms with E-state index < -0.39 is 0 Å². The van der Waals surface area contributed by atoms with Gasteiger partial charge in [0.1, 0.15) is 5.75 Å². The number of nitrogens with zero attached hydrogens (tertiary/aromatic N) is 3. The summed E-state index contributed by atoms with van der Waals surface area (Å²) in [6.07, 6.45) is 1.85. The van der Waals surface area contributed by atoms with Crippen molar-refractivity contribution in [1.29, 1.82) is 0 Å². The van der Waals surface area contributed by atoms with Crippen LogP contribution in [0.25, 0.3) is 11.4 Å². The number of likely N-dealkylation sites (tertiary alicyclic amines) is 1. The number of benzene rings is 2. The molecule has 2 aromatic carbocycles. The van der Waals surface area contributed by atoms with Crippen LogP contribution in [0.15, 0.2) is 57.5 Å². The first-order chi connectivity index (χ1) is 15.6. The molecule has 0 spiro atoms. The summed E-state index contributed by atoms with van der Waals surface area (Å²) in [5.41, 5.74) is 1.94. The van der Waals surface area contributed by atoms with Crippen LogP contribution in [-0.2, 0) is 17.9 Å². The third-order valence-corrected chi connectivity index (χ3v) is 6.01. The molecule has 2 heterocycles. The molecule has 32 heavy (non-hydrogen) atoms. The zero-order chi connectivity index (χ0) is 22.3. The minimum absolute atomic E-state index is 0.0484. The van der Waals surface area contributed by atoms with Gasteiger partial charge in [-0.3, -0.25) is 9.69 Å². The third kappa shape index (κ3) is 5.95. The van der Waals surface area contributed by atoms with Crippen molar-refractivity contribution in [3.05, 3.63) is 64.5 Å². The van der Waals surface area contributed by atoms with Gasteiger partial charge in [-0.2, -0.15) is 4.98 Å². The lowest BCUT2D eigenvalue weighted by Crippen LogP contribution is -2.42. The fraction of sp³-hybridized carbons (Fsp3) is 0.375. The van der Waals surface area contributed by atoms with E-state index in [4.69, 9.17) is 9.26 Å². The molecule has 7 nitrogen and oxygen atoms in total. The Morgan fingerprint density at radius 3 is 2.94 bits per heavy atom. The normalized spacial score (nSPS) is 16.6. The van der Waals surface area contributed by atoms with Crippen molar-refractivity contribution in [1.82, 2.24) is 20.4 Å². The van der Waals surface area contributed by atoms with Crippen molar-refractivity contribution in [2.45, 2.75) is 32.9 Å². The highest BCUT2D eigenvalue weighted by Crippen LogP contribution is 2.22. The molecule has 1 unspecified atom stereocenters. The standard InChI is InChI=1S/C24H27BrN4O3/c1-2-31-21-7-3-5-17(13-21)14-26-24(30)19-6-4-12-29(15-19)16-22-27-23(28-32-22)18-8-10-20(25)11-9-18/h3,5,7-11,13,19H,2,4,6,12,14-16H2,1H3,(H,26,30). The summed E-state index contributed by atoms with van der Waals surface area (Å²) in [6, 6.07) is 15.6. The van der Waals surface area contributed by atoms with Crippen LogP contribution in [0.1, 0.15) is 31.2 Å². The van der Waals surface area contributed by atoms with Gasteiger partial charge in [-0.1, -0.05) is 33.2 Å². The number of carbonyl (C=O) groups excluding carboxylic acids is 1. The molecule has 1 fully saturated rings. The van der Waals surface area contributed by atoms with E-state index in [1.165, 1.54) is 0 Å².